The van der Waals surface area contributed by atoms with Gasteiger partial charge in [0.1, 0.15) is 6.42 Å². The van der Waals surface area contributed by atoms with E-state index in [4.69, 9.17) is 0 Å². The molecule has 1 saturated carbocycles. The summed E-state index contributed by atoms with van der Waals surface area (Å²) >= 11 is 0. The number of amides is 2. The first-order valence-corrected chi connectivity index (χ1v) is 7.71. The molecule has 0 aliphatic heterocycles. The molecule has 1 fully saturated rings. The Morgan fingerprint density at radius 2 is 1.76 bits per heavy atom. The van der Waals surface area contributed by atoms with E-state index in [0.717, 1.165) is 24.1 Å². The molecule has 114 valence electrons. The summed E-state index contributed by atoms with van der Waals surface area (Å²) in [6.45, 7) is 4.03. The van der Waals surface area contributed by atoms with Gasteiger partial charge in [-0.3, -0.25) is 9.59 Å². The van der Waals surface area contributed by atoms with Gasteiger partial charge in [0.05, 0.1) is 0 Å². The summed E-state index contributed by atoms with van der Waals surface area (Å²) in [5.74, 6) is -0.435. The third-order valence-electron chi connectivity index (χ3n) is 4.08. The predicted octanol–water partition coefficient (Wildman–Crippen LogP) is 3.08. The quantitative estimate of drug-likeness (QED) is 0.836. The van der Waals surface area contributed by atoms with Crippen molar-refractivity contribution in [2.24, 2.45) is 0 Å². The summed E-state index contributed by atoms with van der Waals surface area (Å²) in [4.78, 5) is 23.7. The standard InChI is InChI=1S/C17H24N2O2/c1-12-8-9-15(10-13(12)2)19-17(21)11-16(20)18-14-6-4-3-5-7-14/h8-10,14H,3-7,11H2,1-2H3,(H,18,20)(H,19,21). The van der Waals surface area contributed by atoms with E-state index in [0.29, 0.717) is 0 Å². The Morgan fingerprint density at radius 1 is 1.05 bits per heavy atom. The zero-order chi connectivity index (χ0) is 15.2. The molecule has 2 rings (SSSR count). The molecular weight excluding hydrogens is 264 g/mol. The Labute approximate surface area is 126 Å². The molecule has 0 spiro atoms. The molecule has 2 amide bonds. The van der Waals surface area contributed by atoms with E-state index in [-0.39, 0.29) is 24.3 Å². The Kier molecular flexibility index (Phi) is 5.37. The minimum Gasteiger partial charge on any atom is -0.353 e. The fourth-order valence-electron chi connectivity index (χ4n) is 2.70. The second-order valence-electron chi connectivity index (χ2n) is 5.93. The van der Waals surface area contributed by atoms with Gasteiger partial charge in [-0.1, -0.05) is 25.3 Å². The summed E-state index contributed by atoms with van der Waals surface area (Å²) in [6, 6.07) is 6.00. The molecule has 1 aliphatic carbocycles. The Bertz CT molecular complexity index is 520. The van der Waals surface area contributed by atoms with Gasteiger partial charge < -0.3 is 10.6 Å². The fraction of sp³-hybridized carbons (Fsp3) is 0.529. The number of carbonyl (C=O) groups excluding carboxylic acids is 2. The van der Waals surface area contributed by atoms with Crippen LogP contribution in [0.25, 0.3) is 0 Å². The largest absolute Gasteiger partial charge is 0.353 e. The monoisotopic (exact) mass is 288 g/mol. The number of benzene rings is 1. The highest BCUT2D eigenvalue weighted by Gasteiger charge is 2.17. The van der Waals surface area contributed by atoms with Crippen LogP contribution in [0.3, 0.4) is 0 Å². The van der Waals surface area contributed by atoms with Crippen molar-refractivity contribution in [1.82, 2.24) is 5.32 Å². The van der Waals surface area contributed by atoms with Crippen LogP contribution in [0.15, 0.2) is 18.2 Å². The van der Waals surface area contributed by atoms with Crippen LogP contribution in [-0.4, -0.2) is 17.9 Å². The lowest BCUT2D eigenvalue weighted by molar-refractivity contribution is -0.127. The molecule has 0 atom stereocenters. The molecule has 4 heteroatoms. The van der Waals surface area contributed by atoms with Gasteiger partial charge in [-0.2, -0.15) is 0 Å². The van der Waals surface area contributed by atoms with Crippen LogP contribution in [0.4, 0.5) is 5.69 Å². The van der Waals surface area contributed by atoms with Gasteiger partial charge in [-0.15, -0.1) is 0 Å². The van der Waals surface area contributed by atoms with Crippen molar-refractivity contribution < 1.29 is 9.59 Å². The van der Waals surface area contributed by atoms with Crippen molar-refractivity contribution in [2.45, 2.75) is 58.4 Å². The molecular formula is C17H24N2O2. The third kappa shape index (κ3) is 4.88. The molecule has 1 aromatic rings. The van der Waals surface area contributed by atoms with Crippen LogP contribution in [0.5, 0.6) is 0 Å². The number of anilines is 1. The van der Waals surface area contributed by atoms with E-state index in [1.807, 2.05) is 32.0 Å². The van der Waals surface area contributed by atoms with Gasteiger partial charge in [0.25, 0.3) is 0 Å². The average Bonchev–Trinajstić information content (AvgIpc) is 2.43. The second-order valence-corrected chi connectivity index (χ2v) is 5.93. The van der Waals surface area contributed by atoms with E-state index in [1.54, 1.807) is 0 Å². The normalized spacial score (nSPS) is 15.5. The Hall–Kier alpha value is -1.84. The van der Waals surface area contributed by atoms with E-state index in [1.165, 1.54) is 24.8 Å². The molecule has 1 aromatic carbocycles. The molecule has 0 aromatic heterocycles. The maximum absolute atomic E-state index is 11.9. The molecule has 0 saturated heterocycles. The number of rotatable bonds is 4. The molecule has 4 nitrogen and oxygen atoms in total. The van der Waals surface area contributed by atoms with Crippen LogP contribution in [-0.2, 0) is 9.59 Å². The topological polar surface area (TPSA) is 58.2 Å². The smallest absolute Gasteiger partial charge is 0.233 e. The average molecular weight is 288 g/mol. The van der Waals surface area contributed by atoms with Crippen molar-refractivity contribution in [3.8, 4) is 0 Å². The number of nitrogens with one attached hydrogen (secondary N) is 2. The zero-order valence-electron chi connectivity index (χ0n) is 12.9. The second kappa shape index (κ2) is 7.25. The first-order chi connectivity index (χ1) is 10.0. The van der Waals surface area contributed by atoms with E-state index in [2.05, 4.69) is 10.6 Å². The number of aryl methyl sites for hydroxylation is 2. The minimum absolute atomic E-state index is 0.108. The number of hydrogen-bond acceptors (Lipinski definition) is 2. The van der Waals surface area contributed by atoms with Gasteiger partial charge in [-0.25, -0.2) is 0 Å². The molecule has 0 unspecified atom stereocenters. The van der Waals surface area contributed by atoms with Gasteiger partial charge >= 0.3 is 0 Å². The Morgan fingerprint density at radius 3 is 2.43 bits per heavy atom. The molecule has 0 heterocycles. The lowest BCUT2D eigenvalue weighted by atomic mass is 9.95. The Balaban J connectivity index is 1.80. The maximum Gasteiger partial charge on any atom is 0.233 e. The SMILES string of the molecule is Cc1ccc(NC(=O)CC(=O)NC2CCCCC2)cc1C. The number of hydrogen-bond donors (Lipinski definition) is 2. The van der Waals surface area contributed by atoms with E-state index < -0.39 is 0 Å². The van der Waals surface area contributed by atoms with Crippen molar-refractivity contribution in [1.29, 1.82) is 0 Å². The van der Waals surface area contributed by atoms with Crippen LogP contribution in [0, 0.1) is 13.8 Å². The molecule has 0 bridgehead atoms. The first kappa shape index (κ1) is 15.5. The van der Waals surface area contributed by atoms with Gasteiger partial charge in [-0.05, 0) is 49.9 Å². The highest BCUT2D eigenvalue weighted by Crippen LogP contribution is 2.17. The molecule has 21 heavy (non-hydrogen) atoms. The minimum atomic E-state index is -0.258. The fourth-order valence-corrected chi connectivity index (χ4v) is 2.70. The van der Waals surface area contributed by atoms with Gasteiger partial charge in [0.2, 0.25) is 11.8 Å². The summed E-state index contributed by atoms with van der Waals surface area (Å²) < 4.78 is 0. The number of carbonyl (C=O) groups is 2. The van der Waals surface area contributed by atoms with Crippen molar-refractivity contribution >= 4 is 17.5 Å². The first-order valence-electron chi connectivity index (χ1n) is 7.71. The lowest BCUT2D eigenvalue weighted by Crippen LogP contribution is -2.37. The van der Waals surface area contributed by atoms with Crippen molar-refractivity contribution in [3.63, 3.8) is 0 Å². The molecule has 2 N–H and O–H groups in total. The summed E-state index contributed by atoms with van der Waals surface area (Å²) in [7, 11) is 0. The van der Waals surface area contributed by atoms with Crippen LogP contribution >= 0.6 is 0 Å². The molecule has 1 aliphatic rings. The third-order valence-corrected chi connectivity index (χ3v) is 4.08. The van der Waals surface area contributed by atoms with Crippen molar-refractivity contribution in [3.05, 3.63) is 29.3 Å². The van der Waals surface area contributed by atoms with Crippen molar-refractivity contribution in [2.75, 3.05) is 5.32 Å². The summed E-state index contributed by atoms with van der Waals surface area (Å²) in [5.41, 5.74) is 3.05. The highest BCUT2D eigenvalue weighted by molar-refractivity contribution is 6.03. The lowest BCUT2D eigenvalue weighted by Gasteiger charge is -2.22. The highest BCUT2D eigenvalue weighted by atomic mass is 16.2. The van der Waals surface area contributed by atoms with Gasteiger partial charge in [0.15, 0.2) is 0 Å². The van der Waals surface area contributed by atoms with Gasteiger partial charge in [0, 0.05) is 11.7 Å². The molecule has 0 radical (unpaired) electrons. The van der Waals surface area contributed by atoms with E-state index in [9.17, 15) is 9.59 Å². The zero-order valence-corrected chi connectivity index (χ0v) is 12.9. The summed E-state index contributed by atoms with van der Waals surface area (Å²) in [5, 5.41) is 5.73. The maximum atomic E-state index is 11.9. The van der Waals surface area contributed by atoms with Crippen LogP contribution in [0.1, 0.15) is 49.7 Å². The summed E-state index contributed by atoms with van der Waals surface area (Å²) in [6.07, 6.45) is 5.54. The van der Waals surface area contributed by atoms with E-state index >= 15 is 0 Å². The van der Waals surface area contributed by atoms with Crippen LogP contribution < -0.4 is 10.6 Å². The van der Waals surface area contributed by atoms with Crippen LogP contribution in [0.2, 0.25) is 0 Å². The predicted molar refractivity (Wildman–Crippen MR) is 84.2 cm³/mol.